The van der Waals surface area contributed by atoms with E-state index in [-0.39, 0.29) is 11.5 Å². The highest BCUT2D eigenvalue weighted by molar-refractivity contribution is 6.05. The lowest BCUT2D eigenvalue weighted by Gasteiger charge is -2.09. The highest BCUT2D eigenvalue weighted by Crippen LogP contribution is 2.29. The molecule has 2 rings (SSSR count). The number of rotatable bonds is 4. The van der Waals surface area contributed by atoms with Crippen LogP contribution < -0.4 is 10.6 Å². The van der Waals surface area contributed by atoms with Crippen LogP contribution in [0.15, 0.2) is 48.5 Å². The molecule has 0 saturated carbocycles. The molecule has 0 bridgehead atoms. The molecule has 0 spiro atoms. The van der Waals surface area contributed by atoms with E-state index in [2.05, 4.69) is 10.6 Å². The minimum Gasteiger partial charge on any atom is -0.352 e. The van der Waals surface area contributed by atoms with Gasteiger partial charge in [-0.1, -0.05) is 6.07 Å². The Hall–Kier alpha value is -2.83. The highest BCUT2D eigenvalue weighted by atomic mass is 19.4. The number of nitrogens with one attached hydrogen (secondary N) is 2. The molecule has 0 unspecified atom stereocenters. The Bertz CT molecular complexity index is 740. The molecule has 0 aliphatic carbocycles. The van der Waals surface area contributed by atoms with Gasteiger partial charge in [0.2, 0.25) is 0 Å². The van der Waals surface area contributed by atoms with Crippen LogP contribution >= 0.6 is 0 Å². The largest absolute Gasteiger partial charge is 0.416 e. The topological polar surface area (TPSA) is 58.2 Å². The summed E-state index contributed by atoms with van der Waals surface area (Å²) in [5, 5.41) is 5.19. The summed E-state index contributed by atoms with van der Waals surface area (Å²) in [6.07, 6.45) is -4.45. The fraction of sp³-hybridized carbons (Fsp3) is 0.176. The number of anilines is 1. The van der Waals surface area contributed by atoms with Crippen LogP contribution in [-0.4, -0.2) is 18.4 Å². The third-order valence-electron chi connectivity index (χ3n) is 3.19. The Morgan fingerprint density at radius 1 is 0.958 bits per heavy atom. The second-order valence-electron chi connectivity index (χ2n) is 4.97. The molecule has 4 nitrogen and oxygen atoms in total. The first-order valence-electron chi connectivity index (χ1n) is 7.18. The molecule has 0 fully saturated rings. The van der Waals surface area contributed by atoms with Crippen molar-refractivity contribution in [1.29, 1.82) is 0 Å². The molecule has 2 N–H and O–H groups in total. The quantitative estimate of drug-likeness (QED) is 0.894. The maximum atomic E-state index is 12.5. The van der Waals surface area contributed by atoms with Crippen LogP contribution in [0.3, 0.4) is 0 Å². The maximum absolute atomic E-state index is 12.5. The van der Waals surface area contributed by atoms with Gasteiger partial charge in [-0.05, 0) is 49.4 Å². The number of amides is 2. The summed E-state index contributed by atoms with van der Waals surface area (Å²) in [5.74, 6) is -0.833. The predicted octanol–water partition coefficient (Wildman–Crippen LogP) is 3.71. The van der Waals surface area contributed by atoms with Gasteiger partial charge in [-0.3, -0.25) is 9.59 Å². The molecule has 24 heavy (non-hydrogen) atoms. The summed E-state index contributed by atoms with van der Waals surface area (Å²) >= 11 is 0. The van der Waals surface area contributed by atoms with E-state index in [0.717, 1.165) is 24.3 Å². The number of carbonyl (C=O) groups is 2. The van der Waals surface area contributed by atoms with Gasteiger partial charge >= 0.3 is 6.18 Å². The zero-order chi connectivity index (χ0) is 17.7. The number of alkyl halides is 3. The van der Waals surface area contributed by atoms with Crippen LogP contribution in [0.25, 0.3) is 0 Å². The molecule has 0 atom stereocenters. The smallest absolute Gasteiger partial charge is 0.352 e. The van der Waals surface area contributed by atoms with E-state index in [1.165, 1.54) is 6.07 Å². The molecule has 0 radical (unpaired) electrons. The van der Waals surface area contributed by atoms with Gasteiger partial charge < -0.3 is 10.6 Å². The highest BCUT2D eigenvalue weighted by Gasteiger charge is 2.30. The van der Waals surface area contributed by atoms with Crippen molar-refractivity contribution in [2.75, 3.05) is 11.9 Å². The molecule has 2 amide bonds. The average Bonchev–Trinajstić information content (AvgIpc) is 2.54. The van der Waals surface area contributed by atoms with Gasteiger partial charge in [-0.25, -0.2) is 0 Å². The van der Waals surface area contributed by atoms with Crippen LogP contribution in [-0.2, 0) is 6.18 Å². The van der Waals surface area contributed by atoms with Crippen LogP contribution in [0.1, 0.15) is 33.2 Å². The van der Waals surface area contributed by atoms with Crippen molar-refractivity contribution in [2.24, 2.45) is 0 Å². The Balaban J connectivity index is 2.12. The zero-order valence-corrected chi connectivity index (χ0v) is 12.8. The predicted molar refractivity (Wildman–Crippen MR) is 83.8 cm³/mol. The van der Waals surface area contributed by atoms with Crippen molar-refractivity contribution >= 4 is 17.5 Å². The molecule has 0 aromatic heterocycles. The lowest BCUT2D eigenvalue weighted by atomic mass is 10.1. The number of halogens is 3. The summed E-state index contributed by atoms with van der Waals surface area (Å²) in [6.45, 7) is 2.26. The number of hydrogen-bond acceptors (Lipinski definition) is 2. The zero-order valence-electron chi connectivity index (χ0n) is 12.8. The van der Waals surface area contributed by atoms with Crippen molar-refractivity contribution in [3.63, 3.8) is 0 Å². The minimum atomic E-state index is -4.45. The number of carbonyl (C=O) groups excluding carboxylic acids is 2. The van der Waals surface area contributed by atoms with Gasteiger partial charge in [-0.15, -0.1) is 0 Å². The summed E-state index contributed by atoms with van der Waals surface area (Å²) in [7, 11) is 0. The number of benzene rings is 2. The van der Waals surface area contributed by atoms with Crippen LogP contribution in [0, 0.1) is 0 Å². The molecule has 0 saturated heterocycles. The fourth-order valence-electron chi connectivity index (χ4n) is 2.01. The Morgan fingerprint density at radius 2 is 1.62 bits per heavy atom. The van der Waals surface area contributed by atoms with E-state index < -0.39 is 17.6 Å². The normalized spacial score (nSPS) is 11.0. The lowest BCUT2D eigenvalue weighted by Crippen LogP contribution is -2.22. The summed E-state index contributed by atoms with van der Waals surface area (Å²) < 4.78 is 37.5. The van der Waals surface area contributed by atoms with Crippen molar-refractivity contribution in [3.05, 3.63) is 65.2 Å². The van der Waals surface area contributed by atoms with E-state index in [1.54, 1.807) is 25.1 Å². The first kappa shape index (κ1) is 17.5. The summed E-state index contributed by atoms with van der Waals surface area (Å²) in [4.78, 5) is 23.8. The van der Waals surface area contributed by atoms with Crippen molar-refractivity contribution in [1.82, 2.24) is 5.32 Å². The van der Waals surface area contributed by atoms with E-state index in [1.807, 2.05) is 0 Å². The van der Waals surface area contributed by atoms with Crippen molar-refractivity contribution < 1.29 is 22.8 Å². The molecule has 7 heteroatoms. The van der Waals surface area contributed by atoms with Gasteiger partial charge in [0.1, 0.15) is 0 Å². The molecule has 0 heterocycles. The van der Waals surface area contributed by atoms with Gasteiger partial charge in [0.15, 0.2) is 0 Å². The SMILES string of the molecule is CCNC(=O)c1cccc(NC(=O)c2ccc(C(F)(F)F)cc2)c1. The summed E-state index contributed by atoms with van der Waals surface area (Å²) in [5.41, 5.74) is 0.0226. The lowest BCUT2D eigenvalue weighted by molar-refractivity contribution is -0.137. The molecular weight excluding hydrogens is 321 g/mol. The Labute approximate surface area is 136 Å². The van der Waals surface area contributed by atoms with Crippen molar-refractivity contribution in [3.8, 4) is 0 Å². The molecule has 126 valence electrons. The van der Waals surface area contributed by atoms with E-state index in [4.69, 9.17) is 0 Å². The molecule has 0 aliphatic heterocycles. The standard InChI is InChI=1S/C17H15F3N2O2/c1-2-21-15(23)12-4-3-5-14(10-12)22-16(24)11-6-8-13(9-7-11)17(18,19)20/h3-10H,2H2,1H3,(H,21,23)(H,22,24). The maximum Gasteiger partial charge on any atom is 0.416 e. The Morgan fingerprint density at radius 3 is 2.21 bits per heavy atom. The number of hydrogen-bond donors (Lipinski definition) is 2. The monoisotopic (exact) mass is 336 g/mol. The first-order valence-corrected chi connectivity index (χ1v) is 7.18. The van der Waals surface area contributed by atoms with Crippen LogP contribution in [0.5, 0.6) is 0 Å². The third-order valence-corrected chi connectivity index (χ3v) is 3.19. The van der Waals surface area contributed by atoms with Crippen LogP contribution in [0.2, 0.25) is 0 Å². The molecule has 2 aromatic rings. The van der Waals surface area contributed by atoms with Crippen LogP contribution in [0.4, 0.5) is 18.9 Å². The van der Waals surface area contributed by atoms with Crippen molar-refractivity contribution in [2.45, 2.75) is 13.1 Å². The molecule has 2 aromatic carbocycles. The second kappa shape index (κ2) is 7.16. The van der Waals surface area contributed by atoms with E-state index in [0.29, 0.717) is 17.8 Å². The first-order chi connectivity index (χ1) is 11.3. The van der Waals surface area contributed by atoms with Gasteiger partial charge in [-0.2, -0.15) is 13.2 Å². The molecular formula is C17H15F3N2O2. The summed E-state index contributed by atoms with van der Waals surface area (Å²) in [6, 6.07) is 10.2. The minimum absolute atomic E-state index is 0.0893. The third kappa shape index (κ3) is 4.34. The second-order valence-corrected chi connectivity index (χ2v) is 4.97. The average molecular weight is 336 g/mol. The Kier molecular flexibility index (Phi) is 5.23. The fourth-order valence-corrected chi connectivity index (χ4v) is 2.01. The van der Waals surface area contributed by atoms with Gasteiger partial charge in [0.25, 0.3) is 11.8 Å². The van der Waals surface area contributed by atoms with Gasteiger partial charge in [0, 0.05) is 23.4 Å². The van der Waals surface area contributed by atoms with E-state index in [9.17, 15) is 22.8 Å². The van der Waals surface area contributed by atoms with E-state index >= 15 is 0 Å². The van der Waals surface area contributed by atoms with Gasteiger partial charge in [0.05, 0.1) is 5.56 Å². The molecule has 0 aliphatic rings.